The Labute approximate surface area is 106 Å². The standard InChI is InChI=1S/C14H19F2NO/c1-14(8-11(14)9-17-5-6-18-2)10-3-4-12(15)13(16)7-10/h3-4,7,11,17H,5-6,8-9H2,1-2H3. The summed E-state index contributed by atoms with van der Waals surface area (Å²) in [4.78, 5) is 0. The van der Waals surface area contributed by atoms with Crippen molar-refractivity contribution in [2.24, 2.45) is 5.92 Å². The molecule has 4 heteroatoms. The van der Waals surface area contributed by atoms with Gasteiger partial charge in [0.2, 0.25) is 0 Å². The molecule has 0 aromatic heterocycles. The second kappa shape index (κ2) is 5.33. The molecule has 1 aliphatic rings. The van der Waals surface area contributed by atoms with Gasteiger partial charge in [-0.2, -0.15) is 0 Å². The minimum Gasteiger partial charge on any atom is -0.383 e. The molecule has 0 amide bonds. The average Bonchev–Trinajstić information content (AvgIpc) is 3.01. The van der Waals surface area contributed by atoms with Gasteiger partial charge in [-0.05, 0) is 42.0 Å². The molecule has 2 unspecified atom stereocenters. The van der Waals surface area contributed by atoms with Gasteiger partial charge in [-0.1, -0.05) is 13.0 Å². The Morgan fingerprint density at radius 2 is 2.17 bits per heavy atom. The monoisotopic (exact) mass is 255 g/mol. The first-order chi connectivity index (χ1) is 8.58. The lowest BCUT2D eigenvalue weighted by molar-refractivity contribution is 0.199. The summed E-state index contributed by atoms with van der Waals surface area (Å²) in [5.41, 5.74) is 0.870. The summed E-state index contributed by atoms with van der Waals surface area (Å²) >= 11 is 0. The molecule has 100 valence electrons. The molecule has 2 atom stereocenters. The Bertz CT molecular complexity index is 424. The van der Waals surface area contributed by atoms with Crippen molar-refractivity contribution in [3.63, 3.8) is 0 Å². The summed E-state index contributed by atoms with van der Waals surface area (Å²) in [6.45, 7) is 4.50. The summed E-state index contributed by atoms with van der Waals surface area (Å²) in [6, 6.07) is 4.22. The number of nitrogens with one attached hydrogen (secondary N) is 1. The van der Waals surface area contributed by atoms with Crippen LogP contribution in [0.3, 0.4) is 0 Å². The predicted molar refractivity (Wildman–Crippen MR) is 66.6 cm³/mol. The molecular weight excluding hydrogens is 236 g/mol. The number of hydrogen-bond donors (Lipinski definition) is 1. The van der Waals surface area contributed by atoms with Gasteiger partial charge >= 0.3 is 0 Å². The average molecular weight is 255 g/mol. The molecule has 0 bridgehead atoms. The maximum atomic E-state index is 13.2. The van der Waals surface area contributed by atoms with Gasteiger partial charge in [0.15, 0.2) is 11.6 Å². The number of ether oxygens (including phenoxy) is 1. The van der Waals surface area contributed by atoms with E-state index in [1.807, 2.05) is 0 Å². The van der Waals surface area contributed by atoms with Crippen LogP contribution in [0, 0.1) is 17.6 Å². The number of methoxy groups -OCH3 is 1. The van der Waals surface area contributed by atoms with Crippen LogP contribution in [0.15, 0.2) is 18.2 Å². The third kappa shape index (κ3) is 2.70. The van der Waals surface area contributed by atoms with Gasteiger partial charge in [-0.15, -0.1) is 0 Å². The van der Waals surface area contributed by atoms with Crippen LogP contribution >= 0.6 is 0 Å². The van der Waals surface area contributed by atoms with Crippen LogP contribution in [0.2, 0.25) is 0 Å². The summed E-state index contributed by atoms with van der Waals surface area (Å²) in [6.07, 6.45) is 1.01. The highest BCUT2D eigenvalue weighted by atomic mass is 19.2. The first kappa shape index (κ1) is 13.4. The molecule has 0 heterocycles. The van der Waals surface area contributed by atoms with Crippen LogP contribution in [0.4, 0.5) is 8.78 Å². The number of benzene rings is 1. The lowest BCUT2D eigenvalue weighted by Crippen LogP contribution is -2.24. The van der Waals surface area contributed by atoms with E-state index in [0.717, 1.165) is 25.1 Å². The lowest BCUT2D eigenvalue weighted by atomic mass is 9.95. The van der Waals surface area contributed by atoms with Gasteiger partial charge < -0.3 is 10.1 Å². The number of halogens is 2. The largest absolute Gasteiger partial charge is 0.383 e. The van der Waals surface area contributed by atoms with E-state index in [2.05, 4.69) is 12.2 Å². The van der Waals surface area contributed by atoms with Gasteiger partial charge in [-0.3, -0.25) is 0 Å². The molecule has 2 rings (SSSR count). The topological polar surface area (TPSA) is 21.3 Å². The van der Waals surface area contributed by atoms with Crippen LogP contribution in [0.5, 0.6) is 0 Å². The minimum atomic E-state index is -0.780. The molecule has 1 saturated carbocycles. The summed E-state index contributed by atoms with van der Waals surface area (Å²) in [5, 5.41) is 3.31. The lowest BCUT2D eigenvalue weighted by Gasteiger charge is -2.13. The molecule has 1 aromatic rings. The molecule has 0 saturated heterocycles. The van der Waals surface area contributed by atoms with E-state index >= 15 is 0 Å². The Kier molecular flexibility index (Phi) is 3.97. The van der Waals surface area contributed by atoms with Crippen molar-refractivity contribution in [3.8, 4) is 0 Å². The molecule has 0 spiro atoms. The molecule has 0 aliphatic heterocycles. The zero-order valence-corrected chi connectivity index (χ0v) is 10.8. The maximum Gasteiger partial charge on any atom is 0.159 e. The number of rotatable bonds is 6. The highest BCUT2D eigenvalue weighted by Gasteiger charge is 2.50. The van der Waals surface area contributed by atoms with Crippen molar-refractivity contribution in [1.29, 1.82) is 0 Å². The smallest absolute Gasteiger partial charge is 0.159 e. The van der Waals surface area contributed by atoms with Crippen LogP contribution in [0.25, 0.3) is 0 Å². The van der Waals surface area contributed by atoms with E-state index in [9.17, 15) is 8.78 Å². The Morgan fingerprint density at radius 1 is 1.39 bits per heavy atom. The van der Waals surface area contributed by atoms with Gasteiger partial charge in [0.05, 0.1) is 6.61 Å². The SMILES string of the molecule is COCCNCC1CC1(C)c1ccc(F)c(F)c1. The second-order valence-electron chi connectivity index (χ2n) is 5.14. The van der Waals surface area contributed by atoms with Crippen molar-refractivity contribution in [3.05, 3.63) is 35.4 Å². The van der Waals surface area contributed by atoms with E-state index in [4.69, 9.17) is 4.74 Å². The molecule has 18 heavy (non-hydrogen) atoms. The fraction of sp³-hybridized carbons (Fsp3) is 0.571. The van der Waals surface area contributed by atoms with E-state index in [1.54, 1.807) is 13.2 Å². The molecule has 1 aliphatic carbocycles. The number of hydrogen-bond acceptors (Lipinski definition) is 2. The Morgan fingerprint density at radius 3 is 2.83 bits per heavy atom. The Balaban J connectivity index is 1.91. The highest BCUT2D eigenvalue weighted by Crippen LogP contribution is 2.53. The molecule has 1 fully saturated rings. The van der Waals surface area contributed by atoms with E-state index in [-0.39, 0.29) is 5.41 Å². The summed E-state index contributed by atoms with van der Waals surface area (Å²) < 4.78 is 31.1. The summed E-state index contributed by atoms with van der Waals surface area (Å²) in [5.74, 6) is -1.05. The highest BCUT2D eigenvalue weighted by molar-refractivity contribution is 5.33. The fourth-order valence-electron chi connectivity index (χ4n) is 2.41. The zero-order chi connectivity index (χ0) is 13.2. The van der Waals surface area contributed by atoms with Crippen molar-refractivity contribution in [2.45, 2.75) is 18.8 Å². The van der Waals surface area contributed by atoms with Gasteiger partial charge in [0.25, 0.3) is 0 Å². The minimum absolute atomic E-state index is 0.0192. The van der Waals surface area contributed by atoms with Crippen molar-refractivity contribution < 1.29 is 13.5 Å². The zero-order valence-electron chi connectivity index (χ0n) is 10.8. The third-order valence-electron chi connectivity index (χ3n) is 3.86. The van der Waals surface area contributed by atoms with Crippen LogP contribution in [0.1, 0.15) is 18.9 Å². The maximum absolute atomic E-state index is 13.2. The molecule has 0 radical (unpaired) electrons. The van der Waals surface area contributed by atoms with Gasteiger partial charge in [0.1, 0.15) is 0 Å². The van der Waals surface area contributed by atoms with Crippen molar-refractivity contribution in [1.82, 2.24) is 5.32 Å². The fourth-order valence-corrected chi connectivity index (χ4v) is 2.41. The van der Waals surface area contributed by atoms with Crippen molar-refractivity contribution in [2.75, 3.05) is 26.8 Å². The van der Waals surface area contributed by atoms with Gasteiger partial charge in [-0.25, -0.2) is 8.78 Å². The van der Waals surface area contributed by atoms with Crippen molar-refractivity contribution >= 4 is 0 Å². The summed E-state index contributed by atoms with van der Waals surface area (Å²) in [7, 11) is 1.67. The molecule has 2 nitrogen and oxygen atoms in total. The van der Waals surface area contributed by atoms with E-state index in [0.29, 0.717) is 12.5 Å². The third-order valence-corrected chi connectivity index (χ3v) is 3.86. The Hall–Kier alpha value is -1.00. The molecule has 1 N–H and O–H groups in total. The first-order valence-corrected chi connectivity index (χ1v) is 6.23. The molecule has 1 aromatic carbocycles. The van der Waals surface area contributed by atoms with Crippen LogP contribution < -0.4 is 5.32 Å². The van der Waals surface area contributed by atoms with E-state index in [1.165, 1.54) is 12.1 Å². The van der Waals surface area contributed by atoms with E-state index < -0.39 is 11.6 Å². The first-order valence-electron chi connectivity index (χ1n) is 6.23. The normalized spacial score (nSPS) is 26.3. The quantitative estimate of drug-likeness (QED) is 0.788. The van der Waals surface area contributed by atoms with Gasteiger partial charge in [0, 0.05) is 13.7 Å². The van der Waals surface area contributed by atoms with Crippen LogP contribution in [-0.2, 0) is 10.2 Å². The van der Waals surface area contributed by atoms with Crippen LogP contribution in [-0.4, -0.2) is 26.8 Å². The predicted octanol–water partition coefficient (Wildman–Crippen LogP) is 2.48. The second-order valence-corrected chi connectivity index (χ2v) is 5.14. The molecular formula is C14H19F2NO.